The molecule has 0 spiro atoms. The molecule has 1 rings (SSSR count). The number of rotatable bonds is 11. The van der Waals surface area contributed by atoms with Gasteiger partial charge < -0.3 is 20.5 Å². The summed E-state index contributed by atoms with van der Waals surface area (Å²) in [6.45, 7) is 3.37. The van der Waals surface area contributed by atoms with Crippen molar-refractivity contribution in [1.82, 2.24) is 5.32 Å². The first-order valence-corrected chi connectivity index (χ1v) is 8.26. The molecule has 1 fully saturated rings. The van der Waals surface area contributed by atoms with Gasteiger partial charge in [-0.2, -0.15) is 0 Å². The molecule has 0 aromatic heterocycles. The number of unbranched alkanes of at least 4 members (excludes halogenated alkanes) is 1. The lowest BCUT2D eigenvalue weighted by molar-refractivity contribution is -0.123. The normalized spacial score (nSPS) is 17.6. The number of nitrogens with one attached hydrogen (secondary N) is 1. The quantitative estimate of drug-likeness (QED) is 0.571. The van der Waals surface area contributed by atoms with Crippen LogP contribution in [-0.4, -0.2) is 45.9 Å². The summed E-state index contributed by atoms with van der Waals surface area (Å²) in [5.41, 5.74) is 5.98. The molecule has 0 aromatic carbocycles. The number of methoxy groups -OCH3 is 1. The predicted molar refractivity (Wildman–Crippen MR) is 84.1 cm³/mol. The Morgan fingerprint density at radius 1 is 1.14 bits per heavy atom. The zero-order valence-corrected chi connectivity index (χ0v) is 13.5. The van der Waals surface area contributed by atoms with Crippen LogP contribution in [-0.2, 0) is 14.3 Å². The summed E-state index contributed by atoms with van der Waals surface area (Å²) in [6.07, 6.45) is 8.42. The standard InChI is InChI=1S/C16H32N2O3/c1-20-11-12-21-10-6-5-9-18-15(19)13-16(14-17)7-3-2-4-8-16/h2-14,17H2,1H3,(H,18,19). The van der Waals surface area contributed by atoms with Gasteiger partial charge in [0.2, 0.25) is 5.91 Å². The fourth-order valence-electron chi connectivity index (χ4n) is 2.96. The van der Waals surface area contributed by atoms with E-state index in [0.29, 0.717) is 26.2 Å². The molecular formula is C16H32N2O3. The SMILES string of the molecule is COCCOCCCCNC(=O)CC1(CN)CCCCC1. The number of amides is 1. The van der Waals surface area contributed by atoms with Gasteiger partial charge in [0, 0.05) is 26.7 Å². The minimum atomic E-state index is 0.0611. The summed E-state index contributed by atoms with van der Waals surface area (Å²) in [6, 6.07) is 0. The maximum absolute atomic E-state index is 12.0. The number of nitrogens with two attached hydrogens (primary N) is 1. The second kappa shape index (κ2) is 11.0. The highest BCUT2D eigenvalue weighted by Gasteiger charge is 2.32. The van der Waals surface area contributed by atoms with Crippen LogP contribution in [0, 0.1) is 5.41 Å². The molecule has 124 valence electrons. The lowest BCUT2D eigenvalue weighted by Crippen LogP contribution is -2.38. The van der Waals surface area contributed by atoms with Crippen LogP contribution in [0.5, 0.6) is 0 Å². The molecule has 0 saturated heterocycles. The molecule has 21 heavy (non-hydrogen) atoms. The van der Waals surface area contributed by atoms with Gasteiger partial charge in [0.15, 0.2) is 0 Å². The van der Waals surface area contributed by atoms with Gasteiger partial charge in [-0.15, -0.1) is 0 Å². The van der Waals surface area contributed by atoms with Gasteiger partial charge in [0.1, 0.15) is 0 Å². The van der Waals surface area contributed by atoms with E-state index in [4.69, 9.17) is 15.2 Å². The minimum absolute atomic E-state index is 0.0611. The van der Waals surface area contributed by atoms with Gasteiger partial charge in [0.25, 0.3) is 0 Å². The Labute approximate surface area is 128 Å². The van der Waals surface area contributed by atoms with Crippen LogP contribution in [0.4, 0.5) is 0 Å². The predicted octanol–water partition coefficient (Wildman–Crippen LogP) is 1.85. The Hall–Kier alpha value is -0.650. The van der Waals surface area contributed by atoms with Gasteiger partial charge >= 0.3 is 0 Å². The molecule has 1 amide bonds. The molecule has 5 heteroatoms. The molecule has 0 bridgehead atoms. The van der Waals surface area contributed by atoms with Gasteiger partial charge in [0.05, 0.1) is 13.2 Å². The van der Waals surface area contributed by atoms with Crippen LogP contribution >= 0.6 is 0 Å². The molecule has 0 aromatic rings. The first kappa shape index (κ1) is 18.4. The van der Waals surface area contributed by atoms with Crippen molar-refractivity contribution in [2.75, 3.05) is 40.0 Å². The third-order valence-corrected chi connectivity index (χ3v) is 4.35. The highest BCUT2D eigenvalue weighted by Crippen LogP contribution is 2.38. The van der Waals surface area contributed by atoms with Crippen molar-refractivity contribution in [2.24, 2.45) is 11.1 Å². The van der Waals surface area contributed by atoms with Gasteiger partial charge in [-0.25, -0.2) is 0 Å². The highest BCUT2D eigenvalue weighted by molar-refractivity contribution is 5.76. The summed E-state index contributed by atoms with van der Waals surface area (Å²) in [5, 5.41) is 3.02. The lowest BCUT2D eigenvalue weighted by atomic mass is 9.71. The molecule has 5 nitrogen and oxygen atoms in total. The van der Waals surface area contributed by atoms with E-state index < -0.39 is 0 Å². The van der Waals surface area contributed by atoms with Crippen LogP contribution in [0.3, 0.4) is 0 Å². The van der Waals surface area contributed by atoms with E-state index in [9.17, 15) is 4.79 Å². The molecule has 3 N–H and O–H groups in total. The molecule has 0 radical (unpaired) electrons. The second-order valence-electron chi connectivity index (χ2n) is 6.10. The van der Waals surface area contributed by atoms with E-state index in [-0.39, 0.29) is 11.3 Å². The summed E-state index contributed by atoms with van der Waals surface area (Å²) in [7, 11) is 1.67. The zero-order chi connectivity index (χ0) is 15.4. The molecule has 0 atom stereocenters. The number of hydrogen-bond donors (Lipinski definition) is 2. The number of carbonyl (C=O) groups is 1. The molecule has 0 heterocycles. The Bertz CT molecular complexity index is 279. The van der Waals surface area contributed by atoms with Crippen molar-refractivity contribution >= 4 is 5.91 Å². The van der Waals surface area contributed by atoms with Crippen molar-refractivity contribution in [2.45, 2.75) is 51.4 Å². The molecular weight excluding hydrogens is 268 g/mol. The van der Waals surface area contributed by atoms with E-state index in [2.05, 4.69) is 5.32 Å². The average molecular weight is 300 g/mol. The Kier molecular flexibility index (Phi) is 9.63. The Morgan fingerprint density at radius 2 is 1.90 bits per heavy atom. The zero-order valence-electron chi connectivity index (χ0n) is 13.5. The summed E-state index contributed by atoms with van der Waals surface area (Å²) >= 11 is 0. The number of ether oxygens (including phenoxy) is 2. The van der Waals surface area contributed by atoms with E-state index in [1.54, 1.807) is 7.11 Å². The summed E-state index contributed by atoms with van der Waals surface area (Å²) in [5.74, 6) is 0.155. The third-order valence-electron chi connectivity index (χ3n) is 4.35. The number of carbonyl (C=O) groups excluding carboxylic acids is 1. The van der Waals surface area contributed by atoms with E-state index in [1.165, 1.54) is 19.3 Å². The average Bonchev–Trinajstić information content (AvgIpc) is 2.51. The number of hydrogen-bond acceptors (Lipinski definition) is 4. The van der Waals surface area contributed by atoms with Crippen LogP contribution in [0.25, 0.3) is 0 Å². The largest absolute Gasteiger partial charge is 0.382 e. The third kappa shape index (κ3) is 7.79. The minimum Gasteiger partial charge on any atom is -0.382 e. The van der Waals surface area contributed by atoms with Crippen LogP contribution in [0.15, 0.2) is 0 Å². The molecule has 0 aliphatic heterocycles. The smallest absolute Gasteiger partial charge is 0.220 e. The van der Waals surface area contributed by atoms with E-state index in [0.717, 1.165) is 38.8 Å². The van der Waals surface area contributed by atoms with Crippen LogP contribution < -0.4 is 11.1 Å². The summed E-state index contributed by atoms with van der Waals surface area (Å²) < 4.78 is 10.3. The van der Waals surface area contributed by atoms with Gasteiger partial charge in [-0.05, 0) is 37.6 Å². The van der Waals surface area contributed by atoms with Crippen molar-refractivity contribution < 1.29 is 14.3 Å². The van der Waals surface area contributed by atoms with E-state index in [1.807, 2.05) is 0 Å². The van der Waals surface area contributed by atoms with Crippen molar-refractivity contribution in [3.8, 4) is 0 Å². The van der Waals surface area contributed by atoms with Crippen LogP contribution in [0.1, 0.15) is 51.4 Å². The first-order chi connectivity index (χ1) is 10.2. The Morgan fingerprint density at radius 3 is 2.57 bits per heavy atom. The van der Waals surface area contributed by atoms with Crippen molar-refractivity contribution in [1.29, 1.82) is 0 Å². The molecule has 0 unspecified atom stereocenters. The topological polar surface area (TPSA) is 73.6 Å². The fraction of sp³-hybridized carbons (Fsp3) is 0.938. The molecule has 1 aliphatic carbocycles. The maximum Gasteiger partial charge on any atom is 0.220 e. The van der Waals surface area contributed by atoms with Crippen LogP contribution in [0.2, 0.25) is 0 Å². The Balaban J connectivity index is 2.05. The molecule has 1 saturated carbocycles. The van der Waals surface area contributed by atoms with Gasteiger partial charge in [-0.1, -0.05) is 19.3 Å². The summed E-state index contributed by atoms with van der Waals surface area (Å²) in [4.78, 5) is 12.0. The lowest BCUT2D eigenvalue weighted by Gasteiger charge is -2.35. The second-order valence-corrected chi connectivity index (χ2v) is 6.10. The fourth-order valence-corrected chi connectivity index (χ4v) is 2.96. The first-order valence-electron chi connectivity index (χ1n) is 8.26. The van der Waals surface area contributed by atoms with Gasteiger partial charge in [-0.3, -0.25) is 4.79 Å². The van der Waals surface area contributed by atoms with E-state index >= 15 is 0 Å². The monoisotopic (exact) mass is 300 g/mol. The highest BCUT2D eigenvalue weighted by atomic mass is 16.5. The van der Waals surface area contributed by atoms with Crippen molar-refractivity contribution in [3.63, 3.8) is 0 Å². The molecule has 1 aliphatic rings. The maximum atomic E-state index is 12.0. The van der Waals surface area contributed by atoms with Crippen molar-refractivity contribution in [3.05, 3.63) is 0 Å².